The zero-order valence-electron chi connectivity index (χ0n) is 11.7. The van der Waals surface area contributed by atoms with Crippen molar-refractivity contribution in [2.75, 3.05) is 11.1 Å². The van der Waals surface area contributed by atoms with E-state index in [2.05, 4.69) is 10.3 Å². The van der Waals surface area contributed by atoms with Crippen molar-refractivity contribution < 1.29 is 9.18 Å². The van der Waals surface area contributed by atoms with Crippen LogP contribution in [-0.2, 0) is 0 Å². The van der Waals surface area contributed by atoms with Gasteiger partial charge in [0.05, 0.1) is 0 Å². The Morgan fingerprint density at radius 3 is 2.43 bits per heavy atom. The van der Waals surface area contributed by atoms with Gasteiger partial charge in [-0.3, -0.25) is 4.79 Å². The first-order valence-corrected chi connectivity index (χ1v) is 7.81. The molecule has 0 aliphatic heterocycles. The smallest absolute Gasteiger partial charge is 0.256 e. The monoisotopic (exact) mass is 347 g/mol. The summed E-state index contributed by atoms with van der Waals surface area (Å²) < 4.78 is 13.0. The Morgan fingerprint density at radius 1 is 1.13 bits per heavy atom. The first kappa shape index (κ1) is 15.5. The molecule has 3 N–H and O–H groups in total. The van der Waals surface area contributed by atoms with Crippen molar-refractivity contribution in [1.82, 2.24) is 4.98 Å². The number of nitrogens with one attached hydrogen (secondary N) is 1. The molecule has 2 aromatic carbocycles. The maximum atomic E-state index is 13.0. The average molecular weight is 348 g/mol. The summed E-state index contributed by atoms with van der Waals surface area (Å²) in [5.41, 5.74) is 7.39. The minimum atomic E-state index is -0.344. The second-order valence-corrected chi connectivity index (χ2v) is 6.16. The number of benzene rings is 2. The van der Waals surface area contributed by atoms with E-state index in [1.807, 2.05) is 0 Å². The number of carbonyl (C=O) groups excluding carboxylic acids is 1. The van der Waals surface area contributed by atoms with Crippen LogP contribution in [-0.4, -0.2) is 10.9 Å². The molecule has 23 heavy (non-hydrogen) atoms. The second-order valence-electron chi connectivity index (χ2n) is 4.70. The molecule has 7 heteroatoms. The third-order valence-electron chi connectivity index (χ3n) is 3.09. The Bertz CT molecular complexity index is 847. The molecule has 0 saturated heterocycles. The topological polar surface area (TPSA) is 68.0 Å². The Hall–Kier alpha value is -2.44. The molecule has 4 nitrogen and oxygen atoms in total. The molecule has 0 spiro atoms. The van der Waals surface area contributed by atoms with Gasteiger partial charge in [-0.05, 0) is 48.5 Å². The summed E-state index contributed by atoms with van der Waals surface area (Å²) in [5.74, 6) is -0.641. The van der Waals surface area contributed by atoms with Crippen molar-refractivity contribution >= 4 is 39.0 Å². The van der Waals surface area contributed by atoms with Crippen molar-refractivity contribution in [3.05, 3.63) is 64.9 Å². The van der Waals surface area contributed by atoms with Gasteiger partial charge in [-0.1, -0.05) is 22.9 Å². The fourth-order valence-electron chi connectivity index (χ4n) is 2.00. The van der Waals surface area contributed by atoms with Gasteiger partial charge in [0.1, 0.15) is 16.5 Å². The van der Waals surface area contributed by atoms with E-state index in [0.29, 0.717) is 32.0 Å². The largest absolute Gasteiger partial charge is 0.375 e. The lowest BCUT2D eigenvalue weighted by Crippen LogP contribution is -2.11. The van der Waals surface area contributed by atoms with Crippen LogP contribution >= 0.6 is 22.9 Å². The number of hydrogen-bond acceptors (Lipinski definition) is 4. The summed E-state index contributed by atoms with van der Waals surface area (Å²) in [6, 6.07) is 12.4. The van der Waals surface area contributed by atoms with Crippen molar-refractivity contribution in [3.8, 4) is 11.3 Å². The van der Waals surface area contributed by atoms with Gasteiger partial charge in [0, 0.05) is 16.1 Å². The van der Waals surface area contributed by atoms with Crippen LogP contribution in [0.3, 0.4) is 0 Å². The molecule has 0 bridgehead atoms. The van der Waals surface area contributed by atoms with Crippen LogP contribution < -0.4 is 11.1 Å². The predicted octanol–water partition coefficient (Wildman–Crippen LogP) is 4.44. The fraction of sp³-hybridized carbons (Fsp3) is 0. The summed E-state index contributed by atoms with van der Waals surface area (Å²) in [7, 11) is 0. The van der Waals surface area contributed by atoms with Crippen LogP contribution in [0.4, 0.5) is 14.5 Å². The summed E-state index contributed by atoms with van der Waals surface area (Å²) in [4.78, 5) is 16.5. The Kier molecular flexibility index (Phi) is 4.27. The third kappa shape index (κ3) is 3.49. The molecule has 3 rings (SSSR count). The molecule has 0 saturated carbocycles. The maximum Gasteiger partial charge on any atom is 0.256 e. The molecule has 1 heterocycles. The first-order chi connectivity index (χ1) is 11.0. The van der Waals surface area contributed by atoms with E-state index in [-0.39, 0.29) is 11.7 Å². The van der Waals surface area contributed by atoms with Crippen LogP contribution in [0.1, 0.15) is 10.4 Å². The number of carbonyl (C=O) groups is 1. The van der Waals surface area contributed by atoms with Gasteiger partial charge in [-0.15, -0.1) is 0 Å². The Balaban J connectivity index is 1.90. The van der Waals surface area contributed by atoms with Gasteiger partial charge in [-0.2, -0.15) is 0 Å². The second kappa shape index (κ2) is 6.36. The van der Waals surface area contributed by atoms with E-state index < -0.39 is 0 Å². The van der Waals surface area contributed by atoms with Gasteiger partial charge in [0.2, 0.25) is 0 Å². The van der Waals surface area contributed by atoms with Crippen molar-refractivity contribution in [2.45, 2.75) is 0 Å². The first-order valence-electron chi connectivity index (χ1n) is 6.62. The number of halogens is 2. The number of rotatable bonds is 3. The Labute approximate surface area is 140 Å². The van der Waals surface area contributed by atoms with Crippen molar-refractivity contribution in [2.24, 2.45) is 0 Å². The molecule has 0 aliphatic rings. The summed E-state index contributed by atoms with van der Waals surface area (Å²) in [6.45, 7) is 0. The molecule has 1 aromatic heterocycles. The summed E-state index contributed by atoms with van der Waals surface area (Å²) in [6.07, 6.45) is 0. The van der Waals surface area contributed by atoms with E-state index >= 15 is 0 Å². The molecule has 0 fully saturated rings. The number of anilines is 2. The van der Waals surface area contributed by atoms with Gasteiger partial charge >= 0.3 is 0 Å². The molecular weight excluding hydrogens is 337 g/mol. The molecule has 0 atom stereocenters. The number of hydrogen-bond donors (Lipinski definition) is 2. The molecule has 3 aromatic rings. The van der Waals surface area contributed by atoms with Crippen LogP contribution in [0, 0.1) is 5.82 Å². The number of amides is 1. The highest BCUT2D eigenvalue weighted by molar-refractivity contribution is 7.20. The number of nitrogen functional groups attached to an aromatic ring is 1. The van der Waals surface area contributed by atoms with Crippen LogP contribution in [0.5, 0.6) is 0 Å². The highest BCUT2D eigenvalue weighted by Crippen LogP contribution is 2.34. The number of nitrogens with zero attached hydrogens (tertiary/aromatic N) is 1. The number of thiazole rings is 1. The minimum absolute atomic E-state index is 0.298. The highest BCUT2D eigenvalue weighted by Gasteiger charge is 2.15. The Morgan fingerprint density at radius 2 is 1.78 bits per heavy atom. The van der Waals surface area contributed by atoms with Gasteiger partial charge in [0.15, 0.2) is 5.13 Å². The quantitative estimate of drug-likeness (QED) is 0.736. The van der Waals surface area contributed by atoms with E-state index in [4.69, 9.17) is 17.3 Å². The summed E-state index contributed by atoms with van der Waals surface area (Å²) in [5, 5.41) is 4.16. The molecule has 0 radical (unpaired) electrons. The lowest BCUT2D eigenvalue weighted by molar-refractivity contribution is 0.102. The van der Waals surface area contributed by atoms with E-state index in [1.165, 1.54) is 12.1 Å². The van der Waals surface area contributed by atoms with Crippen molar-refractivity contribution in [1.29, 1.82) is 0 Å². The highest BCUT2D eigenvalue weighted by atomic mass is 35.5. The van der Waals surface area contributed by atoms with E-state index in [1.54, 1.807) is 36.4 Å². The maximum absolute atomic E-state index is 13.0. The van der Waals surface area contributed by atoms with Crippen molar-refractivity contribution in [3.63, 3.8) is 0 Å². The zero-order chi connectivity index (χ0) is 16.4. The number of nitrogens with two attached hydrogens (primary N) is 1. The standard InChI is InChI=1S/C16H11ClFN3OS/c17-11-5-1-10(2-6-11)14(22)21-15-13(20-16(19)23-15)9-3-7-12(18)8-4-9/h1-8H,(H2,19,20)(H,21,22). The molecule has 0 aliphatic carbocycles. The van der Waals surface area contributed by atoms with E-state index in [0.717, 1.165) is 11.3 Å². The predicted molar refractivity (Wildman–Crippen MR) is 91.3 cm³/mol. The van der Waals surface area contributed by atoms with Crippen LogP contribution in [0.15, 0.2) is 48.5 Å². The summed E-state index contributed by atoms with van der Waals surface area (Å²) >= 11 is 6.97. The normalized spacial score (nSPS) is 10.5. The SMILES string of the molecule is Nc1nc(-c2ccc(F)cc2)c(NC(=O)c2ccc(Cl)cc2)s1. The van der Waals surface area contributed by atoms with Gasteiger partial charge in [-0.25, -0.2) is 9.37 Å². The zero-order valence-corrected chi connectivity index (χ0v) is 13.3. The lowest BCUT2D eigenvalue weighted by Gasteiger charge is -2.05. The molecule has 1 amide bonds. The van der Waals surface area contributed by atoms with Crippen LogP contribution in [0.2, 0.25) is 5.02 Å². The fourth-order valence-corrected chi connectivity index (χ4v) is 2.88. The average Bonchev–Trinajstić information content (AvgIpc) is 2.89. The third-order valence-corrected chi connectivity index (χ3v) is 4.15. The molecular formula is C16H11ClFN3OS. The van der Waals surface area contributed by atoms with Crippen LogP contribution in [0.25, 0.3) is 11.3 Å². The van der Waals surface area contributed by atoms with Gasteiger partial charge < -0.3 is 11.1 Å². The molecule has 0 unspecified atom stereocenters. The minimum Gasteiger partial charge on any atom is -0.375 e. The van der Waals surface area contributed by atoms with Gasteiger partial charge in [0.25, 0.3) is 5.91 Å². The number of aromatic nitrogens is 1. The molecule has 116 valence electrons. The lowest BCUT2D eigenvalue weighted by atomic mass is 10.1. The van der Waals surface area contributed by atoms with E-state index in [9.17, 15) is 9.18 Å².